The van der Waals surface area contributed by atoms with Gasteiger partial charge in [0.05, 0.1) is 23.4 Å². The minimum Gasteiger partial charge on any atom is -0.495 e. The highest BCUT2D eigenvalue weighted by Crippen LogP contribution is 2.34. The highest BCUT2D eigenvalue weighted by molar-refractivity contribution is 7.92. The van der Waals surface area contributed by atoms with Gasteiger partial charge >= 0.3 is 0 Å². The van der Waals surface area contributed by atoms with Crippen LogP contribution in [0.15, 0.2) is 41.3 Å². The van der Waals surface area contributed by atoms with Crippen molar-refractivity contribution in [1.29, 1.82) is 0 Å². The third-order valence-electron chi connectivity index (χ3n) is 5.94. The molecule has 8 heteroatoms. The zero-order valence-electron chi connectivity index (χ0n) is 17.6. The van der Waals surface area contributed by atoms with Crippen LogP contribution in [0.2, 0.25) is 0 Å². The van der Waals surface area contributed by atoms with Crippen LogP contribution in [0.3, 0.4) is 0 Å². The molecule has 0 bridgehead atoms. The maximum atomic E-state index is 13.2. The molecule has 2 aromatic carbocycles. The molecule has 1 heterocycles. The largest absolute Gasteiger partial charge is 0.495 e. The van der Waals surface area contributed by atoms with Crippen LogP contribution in [-0.4, -0.2) is 53.7 Å². The van der Waals surface area contributed by atoms with E-state index in [-0.39, 0.29) is 17.3 Å². The van der Waals surface area contributed by atoms with Crippen molar-refractivity contribution in [1.82, 2.24) is 4.90 Å². The summed E-state index contributed by atoms with van der Waals surface area (Å²) >= 11 is 0. The fourth-order valence-electron chi connectivity index (χ4n) is 4.21. The summed E-state index contributed by atoms with van der Waals surface area (Å²) in [5.74, 6) is 0.700. The second kappa shape index (κ2) is 9.45. The molecule has 6 nitrogen and oxygen atoms in total. The predicted octanol–water partition coefficient (Wildman–Crippen LogP) is 3.55. The molecule has 0 aromatic heterocycles. The van der Waals surface area contributed by atoms with Crippen molar-refractivity contribution in [2.24, 2.45) is 0 Å². The number of rotatable bonds is 5. The number of sulfonamides is 1. The number of fused-ring (bicyclic) bond motifs is 1. The van der Waals surface area contributed by atoms with Gasteiger partial charge in [0.1, 0.15) is 5.75 Å². The quantitative estimate of drug-likeness (QED) is 0.753. The summed E-state index contributed by atoms with van der Waals surface area (Å²) in [5, 5.41) is 0. The lowest BCUT2D eigenvalue weighted by molar-refractivity contribution is 0.311. The molecule has 1 aliphatic carbocycles. The topological polar surface area (TPSA) is 61.9 Å². The van der Waals surface area contributed by atoms with Crippen LogP contribution >= 0.6 is 12.4 Å². The highest BCUT2D eigenvalue weighted by atomic mass is 35.5. The summed E-state index contributed by atoms with van der Waals surface area (Å²) in [7, 11) is 0.0334. The fourth-order valence-corrected chi connectivity index (χ4v) is 5.32. The Morgan fingerprint density at radius 2 is 1.73 bits per heavy atom. The van der Waals surface area contributed by atoms with Gasteiger partial charge in [-0.05, 0) is 68.1 Å². The van der Waals surface area contributed by atoms with Gasteiger partial charge in [-0.1, -0.05) is 12.1 Å². The average Bonchev–Trinajstić information content (AvgIpc) is 2.74. The molecule has 0 amide bonds. The standard InChI is InChI=1S/C22H29N3O3S.ClH/c1-24-12-14-25(15-13-24)21-16-18(10-11-22(21)28-2)29(26,27)23-20-9-5-7-17-6-3-4-8-19(17)20;/h5,7,9-11,16,23H,3-4,6,8,12-15H2,1-2H3;1H. The Labute approximate surface area is 185 Å². The first kappa shape index (κ1) is 22.7. The predicted molar refractivity (Wildman–Crippen MR) is 124 cm³/mol. The van der Waals surface area contributed by atoms with E-state index in [4.69, 9.17) is 4.74 Å². The summed E-state index contributed by atoms with van der Waals surface area (Å²) < 4.78 is 34.7. The number of halogens is 1. The minimum absolute atomic E-state index is 0. The van der Waals surface area contributed by atoms with Crippen molar-refractivity contribution in [3.8, 4) is 5.75 Å². The van der Waals surface area contributed by atoms with E-state index in [1.807, 2.05) is 12.1 Å². The van der Waals surface area contributed by atoms with Crippen LogP contribution in [0.1, 0.15) is 24.0 Å². The number of likely N-dealkylation sites (N-methyl/N-ethyl adjacent to an activating group) is 1. The summed E-state index contributed by atoms with van der Waals surface area (Å²) in [5.41, 5.74) is 3.93. The van der Waals surface area contributed by atoms with E-state index in [0.29, 0.717) is 11.4 Å². The molecule has 0 saturated carbocycles. The first-order valence-electron chi connectivity index (χ1n) is 10.2. The van der Waals surface area contributed by atoms with Crippen LogP contribution in [0.4, 0.5) is 11.4 Å². The smallest absolute Gasteiger partial charge is 0.261 e. The van der Waals surface area contributed by atoms with Crippen LogP contribution in [0, 0.1) is 0 Å². The number of anilines is 2. The molecular formula is C22H30ClN3O3S. The van der Waals surface area contributed by atoms with Gasteiger partial charge in [0, 0.05) is 26.2 Å². The van der Waals surface area contributed by atoms with Crippen molar-refractivity contribution in [3.63, 3.8) is 0 Å². The van der Waals surface area contributed by atoms with E-state index in [0.717, 1.165) is 63.1 Å². The average molecular weight is 452 g/mol. The Balaban J connectivity index is 0.00000256. The van der Waals surface area contributed by atoms with Gasteiger partial charge in [-0.25, -0.2) is 8.42 Å². The molecular weight excluding hydrogens is 422 g/mol. The Hall–Kier alpha value is -1.96. The number of hydrogen-bond donors (Lipinski definition) is 1. The van der Waals surface area contributed by atoms with Gasteiger partial charge in [-0.15, -0.1) is 12.4 Å². The summed E-state index contributed by atoms with van der Waals surface area (Å²) in [6.45, 7) is 3.56. The van der Waals surface area contributed by atoms with E-state index in [1.54, 1.807) is 25.3 Å². The van der Waals surface area contributed by atoms with Crippen LogP contribution in [0.25, 0.3) is 0 Å². The third-order valence-corrected chi connectivity index (χ3v) is 7.31. The zero-order chi connectivity index (χ0) is 20.4. The molecule has 1 saturated heterocycles. The Morgan fingerprint density at radius 1 is 1.00 bits per heavy atom. The molecule has 2 aromatic rings. The second-order valence-electron chi connectivity index (χ2n) is 7.88. The molecule has 1 N–H and O–H groups in total. The van der Waals surface area contributed by atoms with Crippen molar-refractivity contribution in [3.05, 3.63) is 47.5 Å². The lowest BCUT2D eigenvalue weighted by Gasteiger charge is -2.34. The second-order valence-corrected chi connectivity index (χ2v) is 9.56. The van der Waals surface area contributed by atoms with Gasteiger partial charge in [0.15, 0.2) is 0 Å². The van der Waals surface area contributed by atoms with Crippen molar-refractivity contribution in [2.75, 3.05) is 50.0 Å². The number of nitrogens with zero attached hydrogens (tertiary/aromatic N) is 2. The van der Waals surface area contributed by atoms with Crippen LogP contribution in [0.5, 0.6) is 5.75 Å². The van der Waals surface area contributed by atoms with Crippen LogP contribution in [-0.2, 0) is 22.9 Å². The highest BCUT2D eigenvalue weighted by Gasteiger charge is 2.23. The number of benzene rings is 2. The molecule has 0 atom stereocenters. The van der Waals surface area contributed by atoms with Gasteiger partial charge in [0.25, 0.3) is 10.0 Å². The number of nitrogens with one attached hydrogen (secondary N) is 1. The third kappa shape index (κ3) is 4.68. The molecule has 0 spiro atoms. The number of ether oxygens (including phenoxy) is 1. The van der Waals surface area contributed by atoms with Gasteiger partial charge < -0.3 is 14.5 Å². The van der Waals surface area contributed by atoms with E-state index in [9.17, 15) is 8.42 Å². The first-order chi connectivity index (χ1) is 14.0. The Morgan fingerprint density at radius 3 is 2.47 bits per heavy atom. The van der Waals surface area contributed by atoms with Gasteiger partial charge in [0.2, 0.25) is 0 Å². The number of methoxy groups -OCH3 is 1. The van der Waals surface area contributed by atoms with Gasteiger partial charge in [-0.2, -0.15) is 0 Å². The van der Waals surface area contributed by atoms with Crippen LogP contribution < -0.4 is 14.4 Å². The molecule has 0 unspecified atom stereocenters. The first-order valence-corrected chi connectivity index (χ1v) is 11.7. The fraction of sp³-hybridized carbons (Fsp3) is 0.455. The Kier molecular flexibility index (Phi) is 7.16. The Bertz CT molecular complexity index is 989. The van der Waals surface area contributed by atoms with E-state index >= 15 is 0 Å². The number of piperazine rings is 1. The van der Waals surface area contributed by atoms with Gasteiger partial charge in [-0.3, -0.25) is 4.72 Å². The van der Waals surface area contributed by atoms with E-state index in [2.05, 4.69) is 27.6 Å². The molecule has 1 fully saturated rings. The molecule has 2 aliphatic rings. The maximum Gasteiger partial charge on any atom is 0.261 e. The molecule has 4 rings (SSSR count). The minimum atomic E-state index is -3.69. The van der Waals surface area contributed by atoms with Crippen molar-refractivity contribution in [2.45, 2.75) is 30.6 Å². The maximum absolute atomic E-state index is 13.2. The summed E-state index contributed by atoms with van der Waals surface area (Å²) in [6, 6.07) is 11.0. The zero-order valence-corrected chi connectivity index (χ0v) is 19.2. The normalized spacial score (nSPS) is 17.1. The number of hydrogen-bond acceptors (Lipinski definition) is 5. The van der Waals surface area contributed by atoms with Crippen molar-refractivity contribution >= 4 is 33.8 Å². The summed E-state index contributed by atoms with van der Waals surface area (Å²) in [6.07, 6.45) is 4.20. The SMILES string of the molecule is COc1ccc(S(=O)(=O)Nc2cccc3c2CCCC3)cc1N1CCN(C)CC1.Cl. The molecule has 164 valence electrons. The molecule has 1 aliphatic heterocycles. The number of aryl methyl sites for hydroxylation is 1. The van der Waals surface area contributed by atoms with E-state index in [1.165, 1.54) is 5.56 Å². The monoisotopic (exact) mass is 451 g/mol. The molecule has 0 radical (unpaired) electrons. The van der Waals surface area contributed by atoms with E-state index < -0.39 is 10.0 Å². The lowest BCUT2D eigenvalue weighted by atomic mass is 9.91. The summed E-state index contributed by atoms with van der Waals surface area (Å²) in [4.78, 5) is 4.73. The molecule has 30 heavy (non-hydrogen) atoms. The van der Waals surface area contributed by atoms with Crippen molar-refractivity contribution < 1.29 is 13.2 Å². The lowest BCUT2D eigenvalue weighted by Crippen LogP contribution is -2.44.